The second-order valence-electron chi connectivity index (χ2n) is 6.07. The Labute approximate surface area is 109 Å². The first-order chi connectivity index (χ1) is 8.28. The van der Waals surface area contributed by atoms with E-state index in [0.717, 1.165) is 12.4 Å². The van der Waals surface area contributed by atoms with Crippen LogP contribution >= 0.6 is 0 Å². The second-order valence-corrected chi connectivity index (χ2v) is 6.07. The van der Waals surface area contributed by atoms with E-state index in [9.17, 15) is 4.79 Å². The van der Waals surface area contributed by atoms with Crippen LogP contribution in [0.25, 0.3) is 0 Å². The average molecular weight is 252 g/mol. The van der Waals surface area contributed by atoms with Crippen molar-refractivity contribution in [3.05, 3.63) is 12.2 Å². The monoisotopic (exact) mass is 252 g/mol. The van der Waals surface area contributed by atoms with Crippen LogP contribution in [0.5, 0.6) is 0 Å². The van der Waals surface area contributed by atoms with Crippen LogP contribution in [0.4, 0.5) is 0 Å². The van der Waals surface area contributed by atoms with Gasteiger partial charge in [0.05, 0.1) is 13.0 Å². The normalized spacial score (nSPS) is 12.1. The Hall–Kier alpha value is -1.23. The second kappa shape index (κ2) is 6.09. The van der Waals surface area contributed by atoms with Crippen molar-refractivity contribution >= 4 is 5.78 Å². The minimum absolute atomic E-state index is 0.0404. The van der Waals surface area contributed by atoms with Crippen molar-refractivity contribution in [3.8, 4) is 0 Å². The predicted molar refractivity (Wildman–Crippen MR) is 71.3 cm³/mol. The number of ketones is 1. The molecule has 0 aliphatic heterocycles. The highest BCUT2D eigenvalue weighted by molar-refractivity contribution is 5.82. The molecular formula is C13H24N4O. The first kappa shape index (κ1) is 14.8. The first-order valence-electron chi connectivity index (χ1n) is 6.41. The minimum atomic E-state index is -0.0404. The van der Waals surface area contributed by atoms with Crippen LogP contribution in [0.15, 0.2) is 6.33 Å². The molecule has 0 saturated carbocycles. The van der Waals surface area contributed by atoms with Crippen LogP contribution in [0, 0.1) is 5.92 Å². The zero-order chi connectivity index (χ0) is 13.8. The Bertz CT molecular complexity index is 390. The summed E-state index contributed by atoms with van der Waals surface area (Å²) in [5.41, 5.74) is -0.0404. The topological polar surface area (TPSA) is 59.8 Å². The van der Waals surface area contributed by atoms with Gasteiger partial charge in [-0.15, -0.1) is 0 Å². The van der Waals surface area contributed by atoms with E-state index in [1.54, 1.807) is 0 Å². The van der Waals surface area contributed by atoms with Crippen LogP contribution in [-0.2, 0) is 17.8 Å². The van der Waals surface area contributed by atoms with Gasteiger partial charge in [0.15, 0.2) is 5.78 Å². The Morgan fingerprint density at radius 2 is 2.11 bits per heavy atom. The molecular weight excluding hydrogens is 228 g/mol. The summed E-state index contributed by atoms with van der Waals surface area (Å²) in [6.07, 6.45) is 1.86. The summed E-state index contributed by atoms with van der Waals surface area (Å²) in [7, 11) is 0. The van der Waals surface area contributed by atoms with Crippen molar-refractivity contribution in [1.29, 1.82) is 0 Å². The molecule has 0 saturated heterocycles. The van der Waals surface area contributed by atoms with E-state index < -0.39 is 0 Å². The Morgan fingerprint density at radius 1 is 1.44 bits per heavy atom. The lowest BCUT2D eigenvalue weighted by molar-refractivity contribution is -0.118. The van der Waals surface area contributed by atoms with Crippen molar-refractivity contribution in [2.24, 2.45) is 5.92 Å². The van der Waals surface area contributed by atoms with Gasteiger partial charge < -0.3 is 5.32 Å². The van der Waals surface area contributed by atoms with Gasteiger partial charge in [0.25, 0.3) is 0 Å². The molecule has 18 heavy (non-hydrogen) atoms. The maximum absolute atomic E-state index is 11.9. The third-order valence-electron chi connectivity index (χ3n) is 2.40. The Morgan fingerprint density at radius 3 is 2.67 bits per heavy atom. The van der Waals surface area contributed by atoms with Gasteiger partial charge >= 0.3 is 0 Å². The van der Waals surface area contributed by atoms with E-state index in [4.69, 9.17) is 0 Å². The maximum atomic E-state index is 11.9. The third-order valence-corrected chi connectivity index (χ3v) is 2.40. The molecule has 1 aromatic heterocycles. The van der Waals surface area contributed by atoms with Crippen LogP contribution < -0.4 is 5.32 Å². The number of aromatic nitrogens is 3. The molecule has 1 aromatic rings. The largest absolute Gasteiger partial charge is 0.305 e. The summed E-state index contributed by atoms with van der Waals surface area (Å²) in [6, 6.07) is 0. The van der Waals surface area contributed by atoms with Gasteiger partial charge in [-0.05, 0) is 26.7 Å². The fourth-order valence-electron chi connectivity index (χ4n) is 1.53. The van der Waals surface area contributed by atoms with Gasteiger partial charge in [0, 0.05) is 12.1 Å². The number of nitrogens with zero attached hydrogens (tertiary/aromatic N) is 3. The number of carbonyl (C=O) groups is 1. The highest BCUT2D eigenvalue weighted by atomic mass is 16.1. The van der Waals surface area contributed by atoms with Gasteiger partial charge in [0.2, 0.25) is 0 Å². The molecule has 1 rings (SSSR count). The van der Waals surface area contributed by atoms with Crippen LogP contribution in [-0.4, -0.2) is 32.6 Å². The molecule has 0 aliphatic rings. The Kier molecular flexibility index (Phi) is 5.02. The Balaban J connectivity index is 2.52. The molecule has 0 bridgehead atoms. The molecule has 0 aromatic carbocycles. The van der Waals surface area contributed by atoms with E-state index in [0.29, 0.717) is 18.9 Å². The summed E-state index contributed by atoms with van der Waals surface area (Å²) in [5, 5.41) is 7.34. The summed E-state index contributed by atoms with van der Waals surface area (Å²) in [6.45, 7) is 11.5. The molecule has 0 aliphatic carbocycles. The molecule has 0 spiro atoms. The summed E-state index contributed by atoms with van der Waals surface area (Å²) in [4.78, 5) is 16.0. The molecule has 5 heteroatoms. The van der Waals surface area contributed by atoms with Crippen LogP contribution in [0.2, 0.25) is 0 Å². The highest BCUT2D eigenvalue weighted by Crippen LogP contribution is 2.03. The lowest BCUT2D eigenvalue weighted by atomic mass is 10.1. The standard InChI is InChI=1S/C13H24N4O/c1-10(2)8-17-12(14-9-16-17)6-11(18)7-15-13(3,4)5/h9-10,15H,6-8H2,1-5H3. The smallest absolute Gasteiger partial charge is 0.154 e. The van der Waals surface area contributed by atoms with E-state index in [-0.39, 0.29) is 11.3 Å². The van der Waals surface area contributed by atoms with Crippen LogP contribution in [0.1, 0.15) is 40.4 Å². The fraction of sp³-hybridized carbons (Fsp3) is 0.769. The zero-order valence-corrected chi connectivity index (χ0v) is 12.0. The number of hydrogen-bond donors (Lipinski definition) is 1. The summed E-state index contributed by atoms with van der Waals surface area (Å²) in [5.74, 6) is 1.39. The van der Waals surface area contributed by atoms with Gasteiger partial charge in [-0.2, -0.15) is 5.10 Å². The van der Waals surface area contributed by atoms with Crippen molar-refractivity contribution in [2.75, 3.05) is 6.54 Å². The summed E-state index contributed by atoms with van der Waals surface area (Å²) < 4.78 is 1.82. The highest BCUT2D eigenvalue weighted by Gasteiger charge is 2.14. The van der Waals surface area contributed by atoms with Crippen molar-refractivity contribution in [3.63, 3.8) is 0 Å². The summed E-state index contributed by atoms with van der Waals surface area (Å²) >= 11 is 0. The minimum Gasteiger partial charge on any atom is -0.305 e. The fourth-order valence-corrected chi connectivity index (χ4v) is 1.53. The predicted octanol–water partition coefficient (Wildman–Crippen LogP) is 1.43. The van der Waals surface area contributed by atoms with E-state index >= 15 is 0 Å². The molecule has 102 valence electrons. The third kappa shape index (κ3) is 5.40. The average Bonchev–Trinajstić information content (AvgIpc) is 2.61. The lowest BCUT2D eigenvalue weighted by Gasteiger charge is -2.19. The van der Waals surface area contributed by atoms with Gasteiger partial charge in [0.1, 0.15) is 12.2 Å². The number of nitrogens with one attached hydrogen (secondary N) is 1. The number of hydrogen-bond acceptors (Lipinski definition) is 4. The lowest BCUT2D eigenvalue weighted by Crippen LogP contribution is -2.40. The molecule has 1 heterocycles. The number of carbonyl (C=O) groups excluding carboxylic acids is 1. The molecule has 1 N–H and O–H groups in total. The van der Waals surface area contributed by atoms with Gasteiger partial charge in [-0.25, -0.2) is 9.67 Å². The van der Waals surface area contributed by atoms with E-state index in [2.05, 4.69) is 29.2 Å². The van der Waals surface area contributed by atoms with Crippen molar-refractivity contribution < 1.29 is 4.79 Å². The molecule has 0 unspecified atom stereocenters. The van der Waals surface area contributed by atoms with E-state index in [1.807, 2.05) is 25.5 Å². The molecule has 5 nitrogen and oxygen atoms in total. The van der Waals surface area contributed by atoms with Crippen LogP contribution in [0.3, 0.4) is 0 Å². The van der Waals surface area contributed by atoms with E-state index in [1.165, 1.54) is 6.33 Å². The first-order valence-corrected chi connectivity index (χ1v) is 6.41. The number of Topliss-reactive ketones (excluding diaryl/α,β-unsaturated/α-hetero) is 1. The zero-order valence-electron chi connectivity index (χ0n) is 12.0. The quantitative estimate of drug-likeness (QED) is 0.832. The molecule has 0 radical (unpaired) electrons. The molecule has 0 atom stereocenters. The van der Waals surface area contributed by atoms with Gasteiger partial charge in [-0.3, -0.25) is 4.79 Å². The SMILES string of the molecule is CC(C)Cn1ncnc1CC(=O)CNC(C)(C)C. The maximum Gasteiger partial charge on any atom is 0.154 e. The number of rotatable bonds is 6. The molecule has 0 amide bonds. The van der Waals surface area contributed by atoms with Crippen molar-refractivity contribution in [1.82, 2.24) is 20.1 Å². The van der Waals surface area contributed by atoms with Crippen molar-refractivity contribution in [2.45, 2.75) is 53.1 Å². The van der Waals surface area contributed by atoms with Gasteiger partial charge in [-0.1, -0.05) is 13.8 Å². The molecule has 0 fully saturated rings.